The summed E-state index contributed by atoms with van der Waals surface area (Å²) in [4.78, 5) is 35.6. The molecule has 0 aliphatic carbocycles. The summed E-state index contributed by atoms with van der Waals surface area (Å²) in [6, 6.07) is 11.3. The van der Waals surface area contributed by atoms with Gasteiger partial charge in [-0.1, -0.05) is 23.7 Å². The number of hydrogen-bond acceptors (Lipinski definition) is 4. The lowest BCUT2D eigenvalue weighted by molar-refractivity contribution is -0.129. The van der Waals surface area contributed by atoms with E-state index in [-0.39, 0.29) is 18.4 Å². The monoisotopic (exact) mass is 425 g/mol. The Bertz CT molecular complexity index is 1070. The first-order chi connectivity index (χ1) is 14.4. The van der Waals surface area contributed by atoms with Gasteiger partial charge in [0.25, 0.3) is 5.91 Å². The van der Waals surface area contributed by atoms with E-state index < -0.39 is 0 Å². The topological polar surface area (TPSA) is 61.7 Å². The zero-order valence-corrected chi connectivity index (χ0v) is 17.8. The van der Waals surface area contributed by atoms with Crippen molar-refractivity contribution in [3.8, 4) is 0 Å². The van der Waals surface area contributed by atoms with Crippen LogP contribution in [0.15, 0.2) is 48.8 Å². The van der Waals surface area contributed by atoms with Crippen LogP contribution in [0.3, 0.4) is 0 Å². The highest BCUT2D eigenvalue weighted by atomic mass is 35.5. The molecule has 0 atom stereocenters. The van der Waals surface area contributed by atoms with Gasteiger partial charge in [0.1, 0.15) is 12.4 Å². The maximum Gasteiger partial charge on any atom is 0.256 e. The Morgan fingerprint density at radius 2 is 1.87 bits per heavy atom. The predicted octanol–water partition coefficient (Wildman–Crippen LogP) is 2.74. The van der Waals surface area contributed by atoms with Gasteiger partial charge in [0.2, 0.25) is 5.91 Å². The number of halogens is 1. The van der Waals surface area contributed by atoms with Gasteiger partial charge in [-0.3, -0.25) is 9.59 Å². The zero-order chi connectivity index (χ0) is 21.3. The second-order valence-corrected chi connectivity index (χ2v) is 8.02. The number of hydrogen-bond donors (Lipinski definition) is 0. The number of carbonyl (C=O) groups excluding carboxylic acids is 2. The fourth-order valence-electron chi connectivity index (χ4n) is 3.70. The number of anilines is 1. The van der Waals surface area contributed by atoms with E-state index in [9.17, 15) is 9.59 Å². The highest BCUT2D eigenvalue weighted by Crippen LogP contribution is 2.27. The lowest BCUT2D eigenvalue weighted by Crippen LogP contribution is -2.49. The number of rotatable bonds is 4. The van der Waals surface area contributed by atoms with Crippen LogP contribution in [0.1, 0.15) is 10.4 Å². The molecular formula is C22H24ClN5O2. The lowest BCUT2D eigenvalue weighted by Gasteiger charge is -2.35. The number of piperazine rings is 1. The molecule has 0 N–H and O–H groups in total. The predicted molar refractivity (Wildman–Crippen MR) is 118 cm³/mol. The zero-order valence-electron chi connectivity index (χ0n) is 17.1. The van der Waals surface area contributed by atoms with Crippen LogP contribution in [-0.4, -0.2) is 71.4 Å². The molecule has 0 bridgehead atoms. The Labute approximate surface area is 180 Å². The van der Waals surface area contributed by atoms with Crippen molar-refractivity contribution in [2.75, 3.05) is 45.2 Å². The number of likely N-dealkylation sites (N-methyl/N-ethyl adjacent to an activating group) is 1. The Morgan fingerprint density at radius 1 is 1.10 bits per heavy atom. The molecule has 8 heteroatoms. The first-order valence-corrected chi connectivity index (χ1v) is 10.3. The lowest BCUT2D eigenvalue weighted by atomic mass is 10.1. The van der Waals surface area contributed by atoms with Gasteiger partial charge in [-0.25, -0.2) is 4.98 Å². The summed E-state index contributed by atoms with van der Waals surface area (Å²) in [7, 11) is 3.43. The minimum Gasteiger partial charge on any atom is -0.353 e. The van der Waals surface area contributed by atoms with E-state index in [0.29, 0.717) is 23.7 Å². The van der Waals surface area contributed by atoms with Crippen LogP contribution in [0.5, 0.6) is 0 Å². The van der Waals surface area contributed by atoms with Crippen LogP contribution in [0.2, 0.25) is 5.02 Å². The van der Waals surface area contributed by atoms with Gasteiger partial charge in [-0.2, -0.15) is 0 Å². The summed E-state index contributed by atoms with van der Waals surface area (Å²) in [5.74, 6) is 0.854. The minimum absolute atomic E-state index is 0.0287. The van der Waals surface area contributed by atoms with Crippen LogP contribution in [0, 0.1) is 0 Å². The highest BCUT2D eigenvalue weighted by molar-refractivity contribution is 6.31. The van der Waals surface area contributed by atoms with E-state index in [2.05, 4.69) is 9.88 Å². The molecule has 1 aliphatic rings. The fourth-order valence-corrected chi connectivity index (χ4v) is 3.87. The van der Waals surface area contributed by atoms with Crippen LogP contribution in [-0.2, 0) is 11.3 Å². The molecule has 2 amide bonds. The second kappa shape index (κ2) is 8.36. The second-order valence-electron chi connectivity index (χ2n) is 7.59. The number of pyridine rings is 1. The first kappa shape index (κ1) is 20.2. The molecule has 2 aromatic heterocycles. The Kier molecular flexibility index (Phi) is 5.63. The van der Waals surface area contributed by atoms with Gasteiger partial charge in [0.05, 0.1) is 11.1 Å². The van der Waals surface area contributed by atoms with Crippen molar-refractivity contribution >= 4 is 40.1 Å². The Balaban J connectivity index is 1.57. The molecule has 0 radical (unpaired) electrons. The van der Waals surface area contributed by atoms with Gasteiger partial charge < -0.3 is 19.3 Å². The van der Waals surface area contributed by atoms with E-state index in [1.54, 1.807) is 43.2 Å². The highest BCUT2D eigenvalue weighted by Gasteiger charge is 2.26. The molecule has 1 aliphatic heterocycles. The molecule has 156 valence electrons. The van der Waals surface area contributed by atoms with Gasteiger partial charge in [-0.15, -0.1) is 0 Å². The standard InChI is InChI=1S/C22H24ClN5O2/c1-25(2)21(29)15-28-14-18(17-7-6-16(23)13-19(17)28)22(30)27-11-9-26(10-12-27)20-5-3-4-8-24-20/h3-8,13-14H,9-12,15H2,1-2H3. The molecule has 1 fully saturated rings. The Hall–Kier alpha value is -3.06. The van der Waals surface area contributed by atoms with Crippen LogP contribution < -0.4 is 4.90 Å². The Morgan fingerprint density at radius 3 is 2.53 bits per heavy atom. The number of nitrogens with zero attached hydrogens (tertiary/aromatic N) is 5. The average molecular weight is 426 g/mol. The molecule has 0 saturated carbocycles. The molecule has 0 unspecified atom stereocenters. The van der Waals surface area contributed by atoms with E-state index >= 15 is 0 Å². The summed E-state index contributed by atoms with van der Waals surface area (Å²) >= 11 is 6.19. The third kappa shape index (κ3) is 3.98. The molecule has 1 aromatic carbocycles. The average Bonchev–Trinajstić information content (AvgIpc) is 3.11. The summed E-state index contributed by atoms with van der Waals surface area (Å²) in [6.45, 7) is 2.85. The summed E-state index contributed by atoms with van der Waals surface area (Å²) in [5, 5.41) is 1.38. The number of amides is 2. The van der Waals surface area contributed by atoms with Gasteiger partial charge in [0.15, 0.2) is 0 Å². The normalized spacial score (nSPS) is 14.2. The third-order valence-corrected chi connectivity index (χ3v) is 5.65. The van der Waals surface area contributed by atoms with Crippen molar-refractivity contribution in [1.29, 1.82) is 0 Å². The number of benzene rings is 1. The summed E-state index contributed by atoms with van der Waals surface area (Å²) in [6.07, 6.45) is 3.55. The van der Waals surface area contributed by atoms with E-state index in [4.69, 9.17) is 11.6 Å². The first-order valence-electron chi connectivity index (χ1n) is 9.88. The smallest absolute Gasteiger partial charge is 0.256 e. The quantitative estimate of drug-likeness (QED) is 0.644. The van der Waals surface area contributed by atoms with E-state index in [0.717, 1.165) is 29.8 Å². The van der Waals surface area contributed by atoms with Crippen LogP contribution >= 0.6 is 11.6 Å². The minimum atomic E-state index is -0.0464. The molecule has 30 heavy (non-hydrogen) atoms. The molecule has 7 nitrogen and oxygen atoms in total. The van der Waals surface area contributed by atoms with E-state index in [1.165, 1.54) is 4.90 Å². The van der Waals surface area contributed by atoms with Crippen molar-refractivity contribution in [3.05, 3.63) is 59.4 Å². The van der Waals surface area contributed by atoms with Crippen molar-refractivity contribution in [3.63, 3.8) is 0 Å². The number of fused-ring (bicyclic) bond motifs is 1. The van der Waals surface area contributed by atoms with Crippen molar-refractivity contribution < 1.29 is 9.59 Å². The maximum absolute atomic E-state index is 13.3. The summed E-state index contributed by atoms with van der Waals surface area (Å²) in [5.41, 5.74) is 1.38. The van der Waals surface area contributed by atoms with Crippen LogP contribution in [0.4, 0.5) is 5.82 Å². The molecule has 4 rings (SSSR count). The maximum atomic E-state index is 13.3. The SMILES string of the molecule is CN(C)C(=O)Cn1cc(C(=O)N2CCN(c3ccccn3)CC2)c2ccc(Cl)cc21. The molecule has 1 saturated heterocycles. The van der Waals surface area contributed by atoms with Gasteiger partial charge in [0, 0.05) is 63.1 Å². The number of carbonyl (C=O) groups is 2. The fraction of sp³-hybridized carbons (Fsp3) is 0.318. The van der Waals surface area contributed by atoms with Crippen molar-refractivity contribution in [1.82, 2.24) is 19.4 Å². The molecule has 3 aromatic rings. The molecule has 0 spiro atoms. The van der Waals surface area contributed by atoms with E-state index in [1.807, 2.05) is 29.2 Å². The van der Waals surface area contributed by atoms with Crippen molar-refractivity contribution in [2.45, 2.75) is 6.54 Å². The largest absolute Gasteiger partial charge is 0.353 e. The molecular weight excluding hydrogens is 402 g/mol. The number of aromatic nitrogens is 2. The van der Waals surface area contributed by atoms with Crippen LogP contribution in [0.25, 0.3) is 10.9 Å². The third-order valence-electron chi connectivity index (χ3n) is 5.42. The van der Waals surface area contributed by atoms with Crippen molar-refractivity contribution in [2.24, 2.45) is 0 Å². The molecule has 3 heterocycles. The summed E-state index contributed by atoms with van der Waals surface area (Å²) < 4.78 is 1.81. The van der Waals surface area contributed by atoms with Gasteiger partial charge in [-0.05, 0) is 24.3 Å². The van der Waals surface area contributed by atoms with Gasteiger partial charge >= 0.3 is 0 Å².